The van der Waals surface area contributed by atoms with Gasteiger partial charge >= 0.3 is 6.09 Å². The lowest BCUT2D eigenvalue weighted by Gasteiger charge is -2.39. The highest BCUT2D eigenvalue weighted by molar-refractivity contribution is 6.26. The monoisotopic (exact) mass is 455 g/mol. The molecule has 0 bridgehead atoms. The fourth-order valence-electron chi connectivity index (χ4n) is 6.36. The Labute approximate surface area is 189 Å². The second-order valence-corrected chi connectivity index (χ2v) is 10.3. The van der Waals surface area contributed by atoms with Crippen LogP contribution in [0.1, 0.15) is 33.1 Å². The van der Waals surface area contributed by atoms with Crippen molar-refractivity contribution in [1.82, 2.24) is 10.2 Å². The molecule has 1 amide bonds. The maximum absolute atomic E-state index is 13.8. The Balaban J connectivity index is 1.42. The quantitative estimate of drug-likeness (QED) is 0.457. The summed E-state index contributed by atoms with van der Waals surface area (Å²) in [6, 6.07) is -0.0192. The number of Topliss-reactive ketones (excluding diaryl/α,β-unsaturated/α-hetero) is 3. The average molecular weight is 455 g/mol. The maximum atomic E-state index is 13.8. The molecular formula is C23H25N3O7. The van der Waals surface area contributed by atoms with E-state index < -0.39 is 23.5 Å². The SMILES string of the molecule is CO[C@@]12[C@H](COC(N)=O)C3=C(C(=O)C4=C(OC5=C(C4)C(=O)CC(C)(C)C5)C3=O)N1C[C@@H]1N[C@@H]12. The van der Waals surface area contributed by atoms with Crippen LogP contribution in [0.5, 0.6) is 0 Å². The molecular weight excluding hydrogens is 430 g/mol. The van der Waals surface area contributed by atoms with E-state index in [1.165, 1.54) is 7.11 Å². The van der Waals surface area contributed by atoms with Crippen LogP contribution in [0.2, 0.25) is 0 Å². The van der Waals surface area contributed by atoms with Gasteiger partial charge in [-0.15, -0.1) is 0 Å². The van der Waals surface area contributed by atoms with Gasteiger partial charge in [0.25, 0.3) is 0 Å². The smallest absolute Gasteiger partial charge is 0.404 e. The number of carbonyl (C=O) groups excluding carboxylic acids is 4. The number of hydrogen-bond acceptors (Lipinski definition) is 9. The summed E-state index contributed by atoms with van der Waals surface area (Å²) in [5.41, 5.74) is 5.04. The Morgan fingerprint density at radius 3 is 2.67 bits per heavy atom. The molecule has 10 nitrogen and oxygen atoms in total. The summed E-state index contributed by atoms with van der Waals surface area (Å²) in [4.78, 5) is 53.6. The van der Waals surface area contributed by atoms with Crippen molar-refractivity contribution in [1.29, 1.82) is 0 Å². The first-order chi connectivity index (χ1) is 15.6. The van der Waals surface area contributed by atoms with E-state index in [0.29, 0.717) is 30.7 Å². The molecule has 4 aliphatic heterocycles. The predicted octanol–water partition coefficient (Wildman–Crippen LogP) is 0.434. The molecule has 2 saturated heterocycles. The van der Waals surface area contributed by atoms with Gasteiger partial charge in [-0.1, -0.05) is 13.8 Å². The van der Waals surface area contributed by atoms with Crippen molar-refractivity contribution in [3.8, 4) is 0 Å². The van der Waals surface area contributed by atoms with Gasteiger partial charge in [0.15, 0.2) is 17.3 Å². The van der Waals surface area contributed by atoms with Crippen LogP contribution in [0.3, 0.4) is 0 Å². The summed E-state index contributed by atoms with van der Waals surface area (Å²) in [6.45, 7) is 4.22. The molecule has 4 heterocycles. The largest absolute Gasteiger partial charge is 0.457 e. The molecule has 2 fully saturated rings. The highest BCUT2D eigenvalue weighted by Crippen LogP contribution is 2.57. The lowest BCUT2D eigenvalue weighted by atomic mass is 9.73. The number of methoxy groups -OCH3 is 1. The summed E-state index contributed by atoms with van der Waals surface area (Å²) in [6.07, 6.45) is -0.00779. The van der Waals surface area contributed by atoms with Crippen molar-refractivity contribution in [2.24, 2.45) is 17.1 Å². The minimum atomic E-state index is -1.05. The zero-order valence-corrected chi connectivity index (χ0v) is 18.6. The first-order valence-corrected chi connectivity index (χ1v) is 11.1. The molecule has 4 atom stereocenters. The summed E-state index contributed by atoms with van der Waals surface area (Å²) in [5, 5.41) is 3.32. The van der Waals surface area contributed by atoms with Gasteiger partial charge in [-0.05, 0) is 5.41 Å². The second kappa shape index (κ2) is 6.32. The zero-order chi connectivity index (χ0) is 23.4. The van der Waals surface area contributed by atoms with Gasteiger partial charge in [0.1, 0.15) is 12.4 Å². The van der Waals surface area contributed by atoms with Gasteiger partial charge in [0.2, 0.25) is 11.6 Å². The second-order valence-electron chi connectivity index (χ2n) is 10.3. The average Bonchev–Trinajstić information content (AvgIpc) is 3.35. The minimum absolute atomic E-state index is 0.0280. The first-order valence-electron chi connectivity index (χ1n) is 11.1. The number of nitrogens with two attached hydrogens (primary N) is 1. The third-order valence-corrected chi connectivity index (χ3v) is 7.77. The number of allylic oxidation sites excluding steroid dienone is 4. The van der Waals surface area contributed by atoms with Crippen molar-refractivity contribution in [3.63, 3.8) is 0 Å². The fraction of sp³-hybridized carbons (Fsp3) is 0.565. The van der Waals surface area contributed by atoms with Crippen molar-refractivity contribution in [2.75, 3.05) is 20.3 Å². The number of carbonyl (C=O) groups is 4. The van der Waals surface area contributed by atoms with E-state index >= 15 is 0 Å². The molecule has 6 aliphatic rings. The Morgan fingerprint density at radius 2 is 1.97 bits per heavy atom. The molecule has 0 radical (unpaired) electrons. The summed E-state index contributed by atoms with van der Waals surface area (Å²) >= 11 is 0. The fourth-order valence-corrected chi connectivity index (χ4v) is 6.36. The van der Waals surface area contributed by atoms with Gasteiger partial charge in [0, 0.05) is 50.1 Å². The topological polar surface area (TPSA) is 147 Å². The van der Waals surface area contributed by atoms with E-state index in [-0.39, 0.29) is 64.7 Å². The Bertz CT molecular complexity index is 1160. The highest BCUT2D eigenvalue weighted by Gasteiger charge is 2.73. The standard InChI is InChI=1S/C23H25N3O7/c1-22(2)5-13(27)9-4-10-17(28)16-15(18(29)19(10)33-14(9)6-22)11(8-32-21(24)30)23(31-3)20-12(25-20)7-26(16)23/h11-12,20,25H,4-8H2,1-3H3,(H2,24,30)/t11-,12+,20+,23-/m1/s1. The van der Waals surface area contributed by atoms with Crippen LogP contribution in [-0.2, 0) is 28.6 Å². The summed E-state index contributed by atoms with van der Waals surface area (Å²) in [5.74, 6) is -1.10. The molecule has 3 N–H and O–H groups in total. The summed E-state index contributed by atoms with van der Waals surface area (Å²) < 4.78 is 17.1. The van der Waals surface area contributed by atoms with E-state index in [1.54, 1.807) is 0 Å². The maximum Gasteiger partial charge on any atom is 0.404 e. The van der Waals surface area contributed by atoms with Gasteiger partial charge in [-0.3, -0.25) is 14.4 Å². The lowest BCUT2D eigenvalue weighted by molar-refractivity contribution is -0.137. The first kappa shape index (κ1) is 20.6. The number of piperazine rings is 1. The van der Waals surface area contributed by atoms with E-state index in [9.17, 15) is 19.2 Å². The van der Waals surface area contributed by atoms with E-state index in [4.69, 9.17) is 19.9 Å². The van der Waals surface area contributed by atoms with E-state index in [0.717, 1.165) is 0 Å². The third-order valence-electron chi connectivity index (χ3n) is 7.77. The van der Waals surface area contributed by atoms with Crippen molar-refractivity contribution in [2.45, 2.75) is 50.9 Å². The molecule has 0 spiro atoms. The van der Waals surface area contributed by atoms with Gasteiger partial charge in [-0.25, -0.2) is 4.79 Å². The number of ether oxygens (including phenoxy) is 3. The molecule has 174 valence electrons. The van der Waals surface area contributed by atoms with Crippen LogP contribution in [-0.4, -0.2) is 66.4 Å². The van der Waals surface area contributed by atoms with Crippen molar-refractivity contribution >= 4 is 23.4 Å². The van der Waals surface area contributed by atoms with Crippen LogP contribution in [0.4, 0.5) is 4.79 Å². The van der Waals surface area contributed by atoms with E-state index in [2.05, 4.69) is 5.32 Å². The number of ketones is 3. The van der Waals surface area contributed by atoms with Crippen molar-refractivity contribution < 1.29 is 33.4 Å². The minimum Gasteiger partial charge on any atom is -0.457 e. The third kappa shape index (κ3) is 2.56. The van der Waals surface area contributed by atoms with Crippen LogP contribution in [0.15, 0.2) is 33.9 Å². The van der Waals surface area contributed by atoms with Crippen LogP contribution < -0.4 is 11.1 Å². The Kier molecular flexibility index (Phi) is 3.95. The van der Waals surface area contributed by atoms with Gasteiger partial charge < -0.3 is 30.2 Å². The molecule has 10 heteroatoms. The highest BCUT2D eigenvalue weighted by atomic mass is 16.6. The molecule has 6 rings (SSSR count). The Hall–Kier alpha value is -2.98. The number of fused-ring (bicyclic) bond motifs is 4. The van der Waals surface area contributed by atoms with Crippen LogP contribution in [0.25, 0.3) is 0 Å². The van der Waals surface area contributed by atoms with Gasteiger partial charge in [-0.2, -0.15) is 0 Å². The molecule has 0 aromatic rings. The molecule has 0 aromatic carbocycles. The molecule has 33 heavy (non-hydrogen) atoms. The van der Waals surface area contributed by atoms with E-state index in [1.807, 2.05) is 18.7 Å². The number of nitrogens with one attached hydrogen (secondary N) is 1. The molecule has 0 aromatic heterocycles. The zero-order valence-electron chi connectivity index (χ0n) is 18.6. The lowest BCUT2D eigenvalue weighted by Crippen LogP contribution is -2.55. The molecule has 0 unspecified atom stereocenters. The normalized spacial score (nSPS) is 35.7. The van der Waals surface area contributed by atoms with Gasteiger partial charge in [0.05, 0.1) is 23.2 Å². The molecule has 2 aliphatic carbocycles. The molecule has 0 saturated carbocycles. The predicted molar refractivity (Wildman–Crippen MR) is 111 cm³/mol. The number of rotatable bonds is 3. The number of hydrogen-bond donors (Lipinski definition) is 2. The van der Waals surface area contributed by atoms with Crippen LogP contribution >= 0.6 is 0 Å². The number of amides is 1. The summed E-state index contributed by atoms with van der Waals surface area (Å²) in [7, 11) is 1.52. The Morgan fingerprint density at radius 1 is 1.21 bits per heavy atom. The number of nitrogens with zero attached hydrogens (tertiary/aromatic N) is 1. The van der Waals surface area contributed by atoms with Crippen LogP contribution in [0, 0.1) is 11.3 Å². The van der Waals surface area contributed by atoms with Crippen molar-refractivity contribution in [3.05, 3.63) is 33.9 Å². The number of primary amides is 1.